The second-order valence-corrected chi connectivity index (χ2v) is 8.28. The largest absolute Gasteiger partial charge is 0.322 e. The topological polar surface area (TPSA) is 66.5 Å². The quantitative estimate of drug-likeness (QED) is 0.685. The molecule has 1 amide bonds. The first-order chi connectivity index (χ1) is 13.4. The highest BCUT2D eigenvalue weighted by atomic mass is 32.2. The number of carbonyl (C=O) groups excluding carboxylic acids is 1. The van der Waals surface area contributed by atoms with Crippen LogP contribution in [0.1, 0.15) is 15.9 Å². The second-order valence-electron chi connectivity index (χ2n) is 6.24. The average Bonchev–Trinajstić information content (AvgIpc) is 2.69. The second kappa shape index (κ2) is 8.33. The molecule has 5 nitrogen and oxygen atoms in total. The Morgan fingerprint density at radius 2 is 1.68 bits per heavy atom. The Hall–Kier alpha value is -3.03. The normalized spacial score (nSPS) is 11.4. The van der Waals surface area contributed by atoms with Crippen LogP contribution in [-0.4, -0.2) is 25.7 Å². The smallest absolute Gasteiger partial charge is 0.255 e. The van der Waals surface area contributed by atoms with E-state index in [1.807, 2.05) is 30.3 Å². The molecule has 0 spiro atoms. The number of anilines is 1. The van der Waals surface area contributed by atoms with E-state index in [1.165, 1.54) is 53.8 Å². The van der Waals surface area contributed by atoms with E-state index in [-0.39, 0.29) is 17.0 Å². The highest BCUT2D eigenvalue weighted by molar-refractivity contribution is 7.89. The van der Waals surface area contributed by atoms with E-state index in [9.17, 15) is 17.6 Å². The van der Waals surface area contributed by atoms with Crippen molar-refractivity contribution in [3.05, 3.63) is 95.8 Å². The molecule has 0 saturated carbocycles. The molecule has 0 aliphatic carbocycles. The fourth-order valence-electron chi connectivity index (χ4n) is 2.67. The van der Waals surface area contributed by atoms with Gasteiger partial charge in [-0.25, -0.2) is 12.8 Å². The first kappa shape index (κ1) is 19.7. The zero-order valence-corrected chi connectivity index (χ0v) is 16.0. The number of nitrogens with one attached hydrogen (secondary N) is 1. The minimum atomic E-state index is -3.78. The van der Waals surface area contributed by atoms with Gasteiger partial charge in [0.15, 0.2) is 0 Å². The number of sulfonamides is 1. The Morgan fingerprint density at radius 3 is 2.39 bits per heavy atom. The van der Waals surface area contributed by atoms with Gasteiger partial charge in [0.05, 0.1) is 4.90 Å². The van der Waals surface area contributed by atoms with Crippen LogP contribution in [0.5, 0.6) is 0 Å². The van der Waals surface area contributed by atoms with Gasteiger partial charge in [0.1, 0.15) is 5.82 Å². The molecule has 0 fully saturated rings. The van der Waals surface area contributed by atoms with Crippen LogP contribution < -0.4 is 5.32 Å². The summed E-state index contributed by atoms with van der Waals surface area (Å²) in [5.74, 6) is -0.995. The molecule has 144 valence electrons. The van der Waals surface area contributed by atoms with Gasteiger partial charge in [-0.05, 0) is 42.0 Å². The number of hydrogen-bond donors (Lipinski definition) is 1. The summed E-state index contributed by atoms with van der Waals surface area (Å²) in [6.07, 6.45) is 0. The summed E-state index contributed by atoms with van der Waals surface area (Å²) in [5, 5.41) is 2.56. The summed E-state index contributed by atoms with van der Waals surface area (Å²) in [7, 11) is -2.29. The standard InChI is InChI=1S/C21H19FN2O3S/c1-24(15-16-7-3-2-4-8-16)28(26,27)20-12-5-9-17(13-20)21(25)23-19-11-6-10-18(22)14-19/h2-14H,15H2,1H3,(H,23,25). The molecule has 0 aliphatic rings. The predicted octanol–water partition coefficient (Wildman–Crippen LogP) is 3.90. The molecule has 3 aromatic carbocycles. The van der Waals surface area contributed by atoms with Crippen LogP contribution in [0.15, 0.2) is 83.8 Å². The van der Waals surface area contributed by atoms with Crippen LogP contribution >= 0.6 is 0 Å². The molecule has 0 aromatic heterocycles. The number of amides is 1. The monoisotopic (exact) mass is 398 g/mol. The lowest BCUT2D eigenvalue weighted by Gasteiger charge is -2.18. The van der Waals surface area contributed by atoms with Crippen LogP contribution in [-0.2, 0) is 16.6 Å². The maximum absolute atomic E-state index is 13.3. The molecule has 0 unspecified atom stereocenters. The van der Waals surface area contributed by atoms with Crippen molar-refractivity contribution in [2.45, 2.75) is 11.4 Å². The lowest BCUT2D eigenvalue weighted by atomic mass is 10.2. The van der Waals surface area contributed by atoms with Gasteiger partial charge < -0.3 is 5.32 Å². The zero-order valence-electron chi connectivity index (χ0n) is 15.2. The van der Waals surface area contributed by atoms with Crippen molar-refractivity contribution < 1.29 is 17.6 Å². The van der Waals surface area contributed by atoms with E-state index in [1.54, 1.807) is 6.07 Å². The maximum atomic E-state index is 13.3. The van der Waals surface area contributed by atoms with E-state index >= 15 is 0 Å². The highest BCUT2D eigenvalue weighted by Crippen LogP contribution is 2.19. The van der Waals surface area contributed by atoms with Crippen molar-refractivity contribution in [3.63, 3.8) is 0 Å². The van der Waals surface area contributed by atoms with Crippen LogP contribution in [0.2, 0.25) is 0 Å². The van der Waals surface area contributed by atoms with Crippen molar-refractivity contribution >= 4 is 21.6 Å². The van der Waals surface area contributed by atoms with E-state index in [0.29, 0.717) is 5.69 Å². The summed E-state index contributed by atoms with van der Waals surface area (Å²) >= 11 is 0. The molecule has 0 atom stereocenters. The zero-order chi connectivity index (χ0) is 20.1. The summed E-state index contributed by atoms with van der Waals surface area (Å²) in [5.41, 5.74) is 1.31. The third kappa shape index (κ3) is 4.62. The molecule has 3 rings (SSSR count). The van der Waals surface area contributed by atoms with E-state index in [4.69, 9.17) is 0 Å². The number of rotatable bonds is 6. The molecule has 1 N–H and O–H groups in total. The third-order valence-corrected chi connectivity index (χ3v) is 5.93. The number of hydrogen-bond acceptors (Lipinski definition) is 3. The Balaban J connectivity index is 1.80. The molecule has 0 saturated heterocycles. The van der Waals surface area contributed by atoms with E-state index < -0.39 is 21.7 Å². The Bertz CT molecular complexity index is 1090. The molecule has 7 heteroatoms. The van der Waals surface area contributed by atoms with Gasteiger partial charge in [0.2, 0.25) is 10.0 Å². The summed E-state index contributed by atoms with van der Waals surface area (Å²) < 4.78 is 40.2. The lowest BCUT2D eigenvalue weighted by molar-refractivity contribution is 0.102. The lowest BCUT2D eigenvalue weighted by Crippen LogP contribution is -2.26. The SMILES string of the molecule is CN(Cc1ccccc1)S(=O)(=O)c1cccc(C(=O)Nc2cccc(F)c2)c1. The summed E-state index contributed by atoms with van der Waals surface area (Å²) in [6.45, 7) is 0.211. The van der Waals surface area contributed by atoms with Crippen molar-refractivity contribution in [2.75, 3.05) is 12.4 Å². The molecule has 0 bridgehead atoms. The summed E-state index contributed by atoms with van der Waals surface area (Å²) in [4.78, 5) is 12.4. The van der Waals surface area contributed by atoms with Crippen molar-refractivity contribution in [1.82, 2.24) is 4.31 Å². The van der Waals surface area contributed by atoms with Crippen molar-refractivity contribution in [1.29, 1.82) is 0 Å². The molecule has 28 heavy (non-hydrogen) atoms. The molecule has 0 radical (unpaired) electrons. The van der Waals surface area contributed by atoms with Gasteiger partial charge in [0.25, 0.3) is 5.91 Å². The van der Waals surface area contributed by atoms with E-state index in [2.05, 4.69) is 5.32 Å². The van der Waals surface area contributed by atoms with Gasteiger partial charge >= 0.3 is 0 Å². The summed E-state index contributed by atoms with van der Waals surface area (Å²) in [6, 6.07) is 20.5. The Kier molecular flexibility index (Phi) is 5.87. The van der Waals surface area contributed by atoms with Crippen molar-refractivity contribution in [2.24, 2.45) is 0 Å². The Morgan fingerprint density at radius 1 is 0.964 bits per heavy atom. The third-order valence-electron chi connectivity index (χ3n) is 4.13. The fraction of sp³-hybridized carbons (Fsp3) is 0.0952. The molecular weight excluding hydrogens is 379 g/mol. The minimum Gasteiger partial charge on any atom is -0.322 e. The van der Waals surface area contributed by atoms with Gasteiger partial charge in [0, 0.05) is 24.8 Å². The van der Waals surface area contributed by atoms with Crippen LogP contribution in [0, 0.1) is 5.82 Å². The van der Waals surface area contributed by atoms with Crippen LogP contribution in [0.3, 0.4) is 0 Å². The number of halogens is 1. The highest BCUT2D eigenvalue weighted by Gasteiger charge is 2.22. The van der Waals surface area contributed by atoms with Gasteiger partial charge in [-0.15, -0.1) is 0 Å². The molecule has 0 aliphatic heterocycles. The first-order valence-corrected chi connectivity index (χ1v) is 9.97. The van der Waals surface area contributed by atoms with Gasteiger partial charge in [-0.1, -0.05) is 42.5 Å². The number of carbonyl (C=O) groups is 1. The molecule has 0 heterocycles. The van der Waals surface area contributed by atoms with Crippen molar-refractivity contribution in [3.8, 4) is 0 Å². The Labute approximate surface area is 163 Å². The fourth-order valence-corrected chi connectivity index (χ4v) is 3.88. The maximum Gasteiger partial charge on any atom is 0.255 e. The minimum absolute atomic E-state index is 0.0119. The van der Waals surface area contributed by atoms with Crippen LogP contribution in [0.25, 0.3) is 0 Å². The first-order valence-electron chi connectivity index (χ1n) is 8.53. The number of nitrogens with zero attached hydrogens (tertiary/aromatic N) is 1. The van der Waals surface area contributed by atoms with Gasteiger partial charge in [-0.2, -0.15) is 4.31 Å². The predicted molar refractivity (Wildman–Crippen MR) is 106 cm³/mol. The van der Waals surface area contributed by atoms with Gasteiger partial charge in [-0.3, -0.25) is 4.79 Å². The molecule has 3 aromatic rings. The number of benzene rings is 3. The molecular formula is C21H19FN2O3S. The van der Waals surface area contributed by atoms with E-state index in [0.717, 1.165) is 5.56 Å². The van der Waals surface area contributed by atoms with Crippen LogP contribution in [0.4, 0.5) is 10.1 Å². The average molecular weight is 398 g/mol.